The highest BCUT2D eigenvalue weighted by Gasteiger charge is 2.12. The maximum absolute atomic E-state index is 12.1. The number of esters is 1. The molecule has 0 aromatic heterocycles. The zero-order chi connectivity index (χ0) is 18.2. The summed E-state index contributed by atoms with van der Waals surface area (Å²) in [6.45, 7) is 0.208. The lowest BCUT2D eigenvalue weighted by molar-refractivity contribution is -0.144. The van der Waals surface area contributed by atoms with Gasteiger partial charge in [-0.3, -0.25) is 9.59 Å². The number of ether oxygens (including phenoxy) is 2. The summed E-state index contributed by atoms with van der Waals surface area (Å²) >= 11 is 11.8. The van der Waals surface area contributed by atoms with Crippen molar-refractivity contribution in [1.29, 1.82) is 0 Å². The van der Waals surface area contributed by atoms with Gasteiger partial charge in [-0.05, 0) is 24.3 Å². The molecular formula is C18H17Cl2NO4. The first-order chi connectivity index (χ1) is 12.0. The predicted molar refractivity (Wildman–Crippen MR) is 96.2 cm³/mol. The van der Waals surface area contributed by atoms with Crippen LogP contribution in [0.15, 0.2) is 42.5 Å². The van der Waals surface area contributed by atoms with Crippen LogP contribution in [0.4, 0.5) is 0 Å². The lowest BCUT2D eigenvalue weighted by Crippen LogP contribution is -2.26. The summed E-state index contributed by atoms with van der Waals surface area (Å²) in [4.78, 5) is 23.9. The molecular weight excluding hydrogens is 365 g/mol. The second kappa shape index (κ2) is 9.30. The molecule has 0 bridgehead atoms. The van der Waals surface area contributed by atoms with Crippen molar-refractivity contribution in [3.05, 3.63) is 63.6 Å². The number of halogens is 2. The molecule has 0 aliphatic rings. The van der Waals surface area contributed by atoms with E-state index in [1.54, 1.807) is 42.5 Å². The molecule has 0 unspecified atom stereocenters. The van der Waals surface area contributed by atoms with Crippen molar-refractivity contribution in [1.82, 2.24) is 5.32 Å². The van der Waals surface area contributed by atoms with E-state index in [0.29, 0.717) is 26.9 Å². The molecule has 0 fully saturated rings. The van der Waals surface area contributed by atoms with Gasteiger partial charge in [-0.25, -0.2) is 0 Å². The van der Waals surface area contributed by atoms with E-state index in [0.717, 1.165) is 0 Å². The molecule has 1 N–H and O–H groups in total. The van der Waals surface area contributed by atoms with Crippen LogP contribution in [0.3, 0.4) is 0 Å². The van der Waals surface area contributed by atoms with Crippen molar-refractivity contribution in [2.75, 3.05) is 13.7 Å². The normalized spacial score (nSPS) is 10.2. The summed E-state index contributed by atoms with van der Waals surface area (Å²) in [6.07, 6.45) is 0.0477. The van der Waals surface area contributed by atoms with Gasteiger partial charge in [-0.15, -0.1) is 0 Å². The van der Waals surface area contributed by atoms with Crippen molar-refractivity contribution in [2.24, 2.45) is 0 Å². The molecule has 0 saturated heterocycles. The first kappa shape index (κ1) is 19.1. The van der Waals surface area contributed by atoms with E-state index in [2.05, 4.69) is 5.32 Å². The largest absolute Gasteiger partial charge is 0.496 e. The number of hydrogen-bond acceptors (Lipinski definition) is 4. The Morgan fingerprint density at radius 1 is 1.12 bits per heavy atom. The molecule has 1 amide bonds. The fraction of sp³-hybridized carbons (Fsp3) is 0.222. The van der Waals surface area contributed by atoms with Gasteiger partial charge in [0.25, 0.3) is 5.91 Å². The number of methoxy groups -OCH3 is 1. The molecule has 0 radical (unpaired) electrons. The molecule has 7 heteroatoms. The minimum absolute atomic E-state index is 0.0477. The Morgan fingerprint density at radius 3 is 2.60 bits per heavy atom. The Balaban J connectivity index is 1.77. The van der Waals surface area contributed by atoms with Crippen LogP contribution in [-0.2, 0) is 16.1 Å². The monoisotopic (exact) mass is 381 g/mol. The summed E-state index contributed by atoms with van der Waals surface area (Å²) in [5, 5.41) is 3.61. The van der Waals surface area contributed by atoms with Gasteiger partial charge in [0.2, 0.25) is 0 Å². The van der Waals surface area contributed by atoms with Gasteiger partial charge in [0.1, 0.15) is 12.4 Å². The second-order valence-corrected chi connectivity index (χ2v) is 5.95. The molecule has 0 saturated carbocycles. The zero-order valence-electron chi connectivity index (χ0n) is 13.6. The first-order valence-electron chi connectivity index (χ1n) is 7.52. The van der Waals surface area contributed by atoms with Gasteiger partial charge >= 0.3 is 5.97 Å². The minimum atomic E-state index is -0.439. The summed E-state index contributed by atoms with van der Waals surface area (Å²) < 4.78 is 10.3. The van der Waals surface area contributed by atoms with E-state index in [4.69, 9.17) is 32.7 Å². The van der Waals surface area contributed by atoms with Crippen molar-refractivity contribution in [2.45, 2.75) is 13.0 Å². The highest BCUT2D eigenvalue weighted by Crippen LogP contribution is 2.21. The second-order valence-electron chi connectivity index (χ2n) is 5.10. The van der Waals surface area contributed by atoms with Crippen LogP contribution in [0, 0.1) is 0 Å². The highest BCUT2D eigenvalue weighted by molar-refractivity contribution is 6.35. The summed E-state index contributed by atoms with van der Waals surface area (Å²) in [5.41, 5.74) is 1.07. The molecule has 5 nitrogen and oxygen atoms in total. The molecule has 0 aliphatic carbocycles. The Labute approximate surface area is 155 Å². The Bertz CT molecular complexity index is 764. The van der Waals surface area contributed by atoms with Crippen LogP contribution in [-0.4, -0.2) is 25.5 Å². The number of para-hydroxylation sites is 1. The maximum Gasteiger partial charge on any atom is 0.307 e. The lowest BCUT2D eigenvalue weighted by atomic mass is 10.2. The number of hydrogen-bond donors (Lipinski definition) is 1. The molecule has 0 aliphatic heterocycles. The van der Waals surface area contributed by atoms with Crippen LogP contribution >= 0.6 is 23.2 Å². The van der Waals surface area contributed by atoms with Gasteiger partial charge in [0.15, 0.2) is 0 Å². The third-order valence-electron chi connectivity index (χ3n) is 3.37. The van der Waals surface area contributed by atoms with Crippen molar-refractivity contribution >= 4 is 35.1 Å². The first-order valence-corrected chi connectivity index (χ1v) is 8.27. The van der Waals surface area contributed by atoms with E-state index >= 15 is 0 Å². The van der Waals surface area contributed by atoms with Crippen molar-refractivity contribution in [3.8, 4) is 5.75 Å². The number of benzene rings is 2. The van der Waals surface area contributed by atoms with Gasteiger partial charge in [-0.2, -0.15) is 0 Å². The quantitative estimate of drug-likeness (QED) is 0.739. The fourth-order valence-electron chi connectivity index (χ4n) is 2.07. The Morgan fingerprint density at radius 2 is 1.88 bits per heavy atom. The SMILES string of the molecule is COc1ccccc1C(=O)NCCC(=O)OCc1ccc(Cl)cc1Cl. The number of nitrogens with one attached hydrogen (secondary N) is 1. The maximum atomic E-state index is 12.1. The Kier molecular flexibility index (Phi) is 7.10. The highest BCUT2D eigenvalue weighted by atomic mass is 35.5. The summed E-state index contributed by atoms with van der Waals surface area (Å²) in [6, 6.07) is 11.8. The van der Waals surface area contributed by atoms with Gasteiger partial charge < -0.3 is 14.8 Å². The van der Waals surface area contributed by atoms with Crippen LogP contribution in [0.5, 0.6) is 5.75 Å². The number of carbonyl (C=O) groups is 2. The standard InChI is InChI=1S/C18H17Cl2NO4/c1-24-16-5-3-2-4-14(16)18(23)21-9-8-17(22)25-11-12-6-7-13(19)10-15(12)20/h2-7,10H,8-9,11H2,1H3,(H,21,23). The van der Waals surface area contributed by atoms with Gasteiger partial charge in [-0.1, -0.05) is 41.4 Å². The molecule has 0 spiro atoms. The lowest BCUT2D eigenvalue weighted by Gasteiger charge is -2.09. The average Bonchev–Trinajstić information content (AvgIpc) is 2.60. The van der Waals surface area contributed by atoms with Crippen LogP contribution < -0.4 is 10.1 Å². The van der Waals surface area contributed by atoms with Crippen molar-refractivity contribution < 1.29 is 19.1 Å². The smallest absolute Gasteiger partial charge is 0.307 e. The minimum Gasteiger partial charge on any atom is -0.496 e. The fourth-order valence-corrected chi connectivity index (χ4v) is 2.54. The molecule has 0 atom stereocenters. The predicted octanol–water partition coefficient (Wildman–Crippen LogP) is 3.87. The topological polar surface area (TPSA) is 64.6 Å². The van der Waals surface area contributed by atoms with E-state index < -0.39 is 5.97 Å². The van der Waals surface area contributed by atoms with Crippen molar-refractivity contribution in [3.63, 3.8) is 0 Å². The van der Waals surface area contributed by atoms with Gasteiger partial charge in [0, 0.05) is 22.2 Å². The molecule has 2 rings (SSSR count). The van der Waals surface area contributed by atoms with Crippen LogP contribution in [0.2, 0.25) is 10.0 Å². The summed E-state index contributed by atoms with van der Waals surface area (Å²) in [5.74, 6) is -0.280. The van der Waals surface area contributed by atoms with E-state index in [1.807, 2.05) is 0 Å². The number of amides is 1. The third-order valence-corrected chi connectivity index (χ3v) is 3.96. The summed E-state index contributed by atoms with van der Waals surface area (Å²) in [7, 11) is 1.49. The molecule has 0 heterocycles. The Hall–Kier alpha value is -2.24. The van der Waals surface area contributed by atoms with E-state index in [9.17, 15) is 9.59 Å². The van der Waals surface area contributed by atoms with E-state index in [-0.39, 0.29) is 25.5 Å². The molecule has 25 heavy (non-hydrogen) atoms. The molecule has 2 aromatic carbocycles. The van der Waals surface area contributed by atoms with E-state index in [1.165, 1.54) is 7.11 Å². The average molecular weight is 382 g/mol. The zero-order valence-corrected chi connectivity index (χ0v) is 15.1. The molecule has 2 aromatic rings. The van der Waals surface area contributed by atoms with Crippen LogP contribution in [0.25, 0.3) is 0 Å². The number of rotatable bonds is 7. The van der Waals surface area contributed by atoms with Gasteiger partial charge in [0.05, 0.1) is 19.1 Å². The number of carbonyl (C=O) groups excluding carboxylic acids is 2. The third kappa shape index (κ3) is 5.66. The molecule has 132 valence electrons. The van der Waals surface area contributed by atoms with Crippen LogP contribution in [0.1, 0.15) is 22.3 Å².